The van der Waals surface area contributed by atoms with Crippen LogP contribution in [0.2, 0.25) is 0 Å². The second-order valence-electron chi connectivity index (χ2n) is 9.15. The monoisotopic (exact) mass is 504 g/mol. The van der Waals surface area contributed by atoms with Crippen molar-refractivity contribution < 1.29 is 14.2 Å². The molecule has 1 fully saturated rings. The predicted molar refractivity (Wildman–Crippen MR) is 139 cm³/mol. The molecule has 4 aromatic rings. The molecular weight excluding hydrogens is 472 g/mol. The number of benzene rings is 2. The largest absolute Gasteiger partial charge is 0.493 e. The average molecular weight is 505 g/mol. The highest BCUT2D eigenvalue weighted by molar-refractivity contribution is 5.83. The summed E-state index contributed by atoms with van der Waals surface area (Å²) >= 11 is 0. The molecule has 0 radical (unpaired) electrons. The zero-order chi connectivity index (χ0) is 25.8. The summed E-state index contributed by atoms with van der Waals surface area (Å²) in [6, 6.07) is 15.3. The first-order chi connectivity index (χ1) is 18.1. The van der Waals surface area contributed by atoms with Gasteiger partial charge in [0.15, 0.2) is 17.3 Å². The second-order valence-corrected chi connectivity index (χ2v) is 9.15. The molecule has 2 atom stereocenters. The minimum absolute atomic E-state index is 0.0544. The summed E-state index contributed by atoms with van der Waals surface area (Å²) in [5.74, 6) is 1.75. The van der Waals surface area contributed by atoms with Gasteiger partial charge in [-0.1, -0.05) is 37.3 Å². The Morgan fingerprint density at radius 1 is 1.16 bits per heavy atom. The van der Waals surface area contributed by atoms with E-state index in [0.717, 1.165) is 30.4 Å². The molecular formula is C27H32N6O4. The number of hydrogen-bond acceptors (Lipinski definition) is 8. The van der Waals surface area contributed by atoms with Crippen LogP contribution in [0.1, 0.15) is 42.8 Å². The Hall–Kier alpha value is -3.76. The summed E-state index contributed by atoms with van der Waals surface area (Å²) in [7, 11) is 3.17. The van der Waals surface area contributed by atoms with Crippen molar-refractivity contribution in [2.75, 3.05) is 27.4 Å². The molecule has 5 rings (SSSR count). The van der Waals surface area contributed by atoms with Crippen LogP contribution in [0.15, 0.2) is 53.3 Å². The van der Waals surface area contributed by atoms with Crippen molar-refractivity contribution in [1.82, 2.24) is 30.1 Å². The van der Waals surface area contributed by atoms with Gasteiger partial charge in [-0.05, 0) is 47.5 Å². The van der Waals surface area contributed by atoms with Crippen molar-refractivity contribution >= 4 is 10.9 Å². The van der Waals surface area contributed by atoms with Gasteiger partial charge in [0.05, 0.1) is 32.4 Å². The minimum Gasteiger partial charge on any atom is -0.493 e. The average Bonchev–Trinajstić information content (AvgIpc) is 3.61. The van der Waals surface area contributed by atoms with Crippen molar-refractivity contribution in [3.8, 4) is 11.5 Å². The van der Waals surface area contributed by atoms with E-state index in [2.05, 4.69) is 44.5 Å². The molecule has 0 saturated carbocycles. The molecule has 1 aliphatic heterocycles. The first-order valence-electron chi connectivity index (χ1n) is 12.6. The number of rotatable bonds is 10. The van der Waals surface area contributed by atoms with Gasteiger partial charge in [-0.2, -0.15) is 0 Å². The number of tetrazole rings is 1. The summed E-state index contributed by atoms with van der Waals surface area (Å²) in [6.07, 6.45) is 2.04. The lowest BCUT2D eigenvalue weighted by atomic mass is 10.0. The molecule has 2 aromatic heterocycles. The number of aromatic amines is 1. The molecule has 0 bridgehead atoms. The Bertz CT molecular complexity index is 1400. The van der Waals surface area contributed by atoms with E-state index < -0.39 is 6.04 Å². The van der Waals surface area contributed by atoms with Gasteiger partial charge in [0.25, 0.3) is 5.56 Å². The smallest absolute Gasteiger partial charge is 0.253 e. The van der Waals surface area contributed by atoms with Gasteiger partial charge in [0, 0.05) is 30.2 Å². The molecule has 1 saturated heterocycles. The van der Waals surface area contributed by atoms with Gasteiger partial charge in [0.2, 0.25) is 0 Å². The summed E-state index contributed by atoms with van der Waals surface area (Å²) in [6.45, 7) is 4.66. The highest BCUT2D eigenvalue weighted by Gasteiger charge is 2.31. The van der Waals surface area contributed by atoms with Crippen LogP contribution in [0, 0.1) is 0 Å². The molecule has 3 heterocycles. The molecule has 194 valence electrons. The van der Waals surface area contributed by atoms with Gasteiger partial charge < -0.3 is 19.2 Å². The van der Waals surface area contributed by atoms with Gasteiger partial charge in [-0.25, -0.2) is 4.68 Å². The number of pyridine rings is 1. The van der Waals surface area contributed by atoms with Crippen LogP contribution in [-0.4, -0.2) is 63.6 Å². The zero-order valence-electron chi connectivity index (χ0n) is 21.4. The van der Waals surface area contributed by atoms with E-state index in [-0.39, 0.29) is 11.7 Å². The molecule has 0 spiro atoms. The number of nitrogens with zero attached hydrogens (tertiary/aromatic N) is 5. The van der Waals surface area contributed by atoms with E-state index in [1.54, 1.807) is 25.0 Å². The van der Waals surface area contributed by atoms with Crippen LogP contribution in [0.3, 0.4) is 0 Å². The van der Waals surface area contributed by atoms with Crippen molar-refractivity contribution in [3.63, 3.8) is 0 Å². The molecule has 2 aromatic carbocycles. The number of aromatic nitrogens is 5. The Morgan fingerprint density at radius 2 is 1.95 bits per heavy atom. The summed E-state index contributed by atoms with van der Waals surface area (Å²) < 4.78 is 18.6. The number of fused-ring (bicyclic) bond motifs is 1. The third kappa shape index (κ3) is 5.21. The lowest BCUT2D eigenvalue weighted by molar-refractivity contribution is 0.0907. The van der Waals surface area contributed by atoms with Crippen LogP contribution < -0.4 is 15.0 Å². The van der Waals surface area contributed by atoms with Crippen molar-refractivity contribution in [2.24, 2.45) is 0 Å². The molecule has 1 N–H and O–H groups in total. The number of hydrogen-bond donors (Lipinski definition) is 1. The van der Waals surface area contributed by atoms with Crippen molar-refractivity contribution in [2.45, 2.75) is 45.0 Å². The Balaban J connectivity index is 1.63. The van der Waals surface area contributed by atoms with E-state index >= 15 is 0 Å². The fourth-order valence-corrected chi connectivity index (χ4v) is 4.97. The van der Waals surface area contributed by atoms with E-state index in [1.165, 1.54) is 0 Å². The normalized spacial score (nSPS) is 16.4. The van der Waals surface area contributed by atoms with Gasteiger partial charge in [0.1, 0.15) is 6.04 Å². The standard InChI is InChI=1S/C27H32N6O4/c1-4-32(16-18-9-6-5-7-10-18)25(26-29-30-31-33(26)17-20-11-8-12-37-20)21-13-19-14-23(35-2)24(36-3)15-22(19)28-27(21)34/h5-7,9-10,13-15,20,25H,4,8,11-12,16-17H2,1-3H3,(H,28,34)/t20-,25+/m1/s1. The molecule has 10 heteroatoms. The van der Waals surface area contributed by atoms with E-state index in [0.29, 0.717) is 48.0 Å². The first kappa shape index (κ1) is 24.9. The van der Waals surface area contributed by atoms with Gasteiger partial charge in [-0.3, -0.25) is 9.69 Å². The van der Waals surface area contributed by atoms with Crippen molar-refractivity contribution in [3.05, 3.63) is 75.8 Å². The first-order valence-corrected chi connectivity index (χ1v) is 12.6. The lowest BCUT2D eigenvalue weighted by Gasteiger charge is -2.30. The fourth-order valence-electron chi connectivity index (χ4n) is 4.97. The Kier molecular flexibility index (Phi) is 7.47. The highest BCUT2D eigenvalue weighted by atomic mass is 16.5. The maximum absolute atomic E-state index is 13.6. The third-order valence-corrected chi connectivity index (χ3v) is 6.88. The number of methoxy groups -OCH3 is 2. The van der Waals surface area contributed by atoms with E-state index in [9.17, 15) is 4.79 Å². The van der Waals surface area contributed by atoms with Crippen molar-refractivity contribution in [1.29, 1.82) is 0 Å². The SMILES string of the molecule is CCN(Cc1ccccc1)[C@@H](c1cc2cc(OC)c(OC)cc2[nH]c1=O)c1nnnn1C[C@H]1CCCO1. The van der Waals surface area contributed by atoms with Crippen LogP contribution in [0.25, 0.3) is 10.9 Å². The quantitative estimate of drug-likeness (QED) is 0.351. The second kappa shape index (κ2) is 11.1. The maximum atomic E-state index is 13.6. The third-order valence-electron chi connectivity index (χ3n) is 6.88. The summed E-state index contributed by atoms with van der Waals surface area (Å²) in [5, 5.41) is 13.6. The van der Waals surface area contributed by atoms with Gasteiger partial charge >= 0.3 is 0 Å². The number of nitrogens with one attached hydrogen (secondary N) is 1. The highest BCUT2D eigenvalue weighted by Crippen LogP contribution is 2.33. The number of H-pyrrole nitrogens is 1. The summed E-state index contributed by atoms with van der Waals surface area (Å²) in [4.78, 5) is 18.9. The molecule has 0 amide bonds. The van der Waals surface area contributed by atoms with E-state index in [4.69, 9.17) is 14.2 Å². The molecule has 0 aliphatic carbocycles. The predicted octanol–water partition coefficient (Wildman–Crippen LogP) is 3.32. The topological polar surface area (TPSA) is 107 Å². The molecule has 37 heavy (non-hydrogen) atoms. The minimum atomic E-state index is -0.483. The lowest BCUT2D eigenvalue weighted by Crippen LogP contribution is -2.35. The van der Waals surface area contributed by atoms with Crippen LogP contribution in [0.4, 0.5) is 0 Å². The molecule has 0 unspecified atom stereocenters. The van der Waals surface area contributed by atoms with Crippen LogP contribution in [0.5, 0.6) is 11.5 Å². The van der Waals surface area contributed by atoms with Crippen LogP contribution >= 0.6 is 0 Å². The Labute approximate surface area is 215 Å². The molecule has 1 aliphatic rings. The maximum Gasteiger partial charge on any atom is 0.253 e. The summed E-state index contributed by atoms with van der Waals surface area (Å²) in [5.41, 5.74) is 2.15. The fraction of sp³-hybridized carbons (Fsp3) is 0.407. The number of ether oxygens (including phenoxy) is 3. The van der Waals surface area contributed by atoms with Crippen LogP contribution in [-0.2, 0) is 17.8 Å². The van der Waals surface area contributed by atoms with E-state index in [1.807, 2.05) is 30.3 Å². The zero-order valence-corrected chi connectivity index (χ0v) is 21.4. The van der Waals surface area contributed by atoms with Gasteiger partial charge in [-0.15, -0.1) is 5.10 Å². The molecule has 10 nitrogen and oxygen atoms in total. The Morgan fingerprint density at radius 3 is 2.65 bits per heavy atom.